The molecule has 21 heavy (non-hydrogen) atoms. The summed E-state index contributed by atoms with van der Waals surface area (Å²) in [6.45, 7) is 10.5. The van der Waals surface area contributed by atoms with Crippen molar-refractivity contribution in [3.8, 4) is 5.75 Å². The van der Waals surface area contributed by atoms with Crippen LogP contribution >= 0.6 is 0 Å². The van der Waals surface area contributed by atoms with Gasteiger partial charge < -0.3 is 14.8 Å². The molecule has 1 aliphatic rings. The second-order valence-electron chi connectivity index (χ2n) is 5.57. The van der Waals surface area contributed by atoms with Crippen LogP contribution in [0, 0.1) is 0 Å². The number of ether oxygens (including phenoxy) is 1. The van der Waals surface area contributed by atoms with Gasteiger partial charge >= 0.3 is 7.12 Å². The van der Waals surface area contributed by atoms with Gasteiger partial charge in [0.05, 0.1) is 0 Å². The zero-order valence-corrected chi connectivity index (χ0v) is 12.9. The van der Waals surface area contributed by atoms with Gasteiger partial charge in [0.2, 0.25) is 0 Å². The van der Waals surface area contributed by atoms with Gasteiger partial charge in [0, 0.05) is 32.2 Å². The van der Waals surface area contributed by atoms with Crippen LogP contribution in [-0.4, -0.2) is 72.3 Å². The van der Waals surface area contributed by atoms with Crippen LogP contribution < -0.4 is 10.2 Å². The molecule has 6 heteroatoms. The van der Waals surface area contributed by atoms with E-state index in [0.717, 1.165) is 38.5 Å². The van der Waals surface area contributed by atoms with E-state index in [1.165, 1.54) is 0 Å². The quantitative estimate of drug-likeness (QED) is 0.710. The average Bonchev–Trinajstić information content (AvgIpc) is 2.48. The van der Waals surface area contributed by atoms with Crippen molar-refractivity contribution in [1.82, 2.24) is 9.80 Å². The Morgan fingerprint density at radius 1 is 1.24 bits per heavy atom. The molecule has 1 atom stereocenters. The van der Waals surface area contributed by atoms with Crippen LogP contribution in [0.2, 0.25) is 0 Å². The molecule has 1 unspecified atom stereocenters. The fourth-order valence-electron chi connectivity index (χ4n) is 2.77. The minimum absolute atomic E-state index is 0.479. The Morgan fingerprint density at radius 2 is 1.95 bits per heavy atom. The lowest BCUT2D eigenvalue weighted by molar-refractivity contribution is 0.0781. The molecular weight excluding hydrogens is 267 g/mol. The molecule has 116 valence electrons. The predicted molar refractivity (Wildman–Crippen MR) is 84.9 cm³/mol. The molecule has 1 saturated heterocycles. The highest BCUT2D eigenvalue weighted by Gasteiger charge is 2.21. The number of hydrogen-bond donors (Lipinski definition) is 2. The maximum Gasteiger partial charge on any atom is 0.488 e. The Hall–Kier alpha value is -1.08. The SMILES string of the molecule is CCN1CCN(CCOc2ccc(B(O)O)cc2)CC1C. The molecule has 0 radical (unpaired) electrons. The molecule has 0 spiro atoms. The Kier molecular flexibility index (Phi) is 6.05. The van der Waals surface area contributed by atoms with E-state index in [9.17, 15) is 0 Å². The Labute approximate surface area is 127 Å². The van der Waals surface area contributed by atoms with Gasteiger partial charge in [-0.3, -0.25) is 9.80 Å². The monoisotopic (exact) mass is 292 g/mol. The molecule has 1 aromatic rings. The minimum atomic E-state index is -1.42. The van der Waals surface area contributed by atoms with Gasteiger partial charge in [-0.25, -0.2) is 0 Å². The summed E-state index contributed by atoms with van der Waals surface area (Å²) in [6.07, 6.45) is 0. The summed E-state index contributed by atoms with van der Waals surface area (Å²) < 4.78 is 5.71. The van der Waals surface area contributed by atoms with E-state index in [-0.39, 0.29) is 0 Å². The zero-order valence-electron chi connectivity index (χ0n) is 12.9. The average molecular weight is 292 g/mol. The van der Waals surface area contributed by atoms with E-state index in [0.29, 0.717) is 18.1 Å². The Bertz CT molecular complexity index is 427. The summed E-state index contributed by atoms with van der Waals surface area (Å²) in [7, 11) is -1.42. The Balaban J connectivity index is 1.72. The summed E-state index contributed by atoms with van der Waals surface area (Å²) in [6, 6.07) is 7.48. The normalized spacial score (nSPS) is 20.5. The van der Waals surface area contributed by atoms with Crippen LogP contribution in [0.25, 0.3) is 0 Å². The van der Waals surface area contributed by atoms with Crippen molar-refractivity contribution in [3.63, 3.8) is 0 Å². The van der Waals surface area contributed by atoms with Crippen LogP contribution in [-0.2, 0) is 0 Å². The van der Waals surface area contributed by atoms with Crippen LogP contribution in [0.1, 0.15) is 13.8 Å². The first-order chi connectivity index (χ1) is 10.1. The number of hydrogen-bond acceptors (Lipinski definition) is 5. The van der Waals surface area contributed by atoms with Crippen molar-refractivity contribution in [2.45, 2.75) is 19.9 Å². The third-order valence-electron chi connectivity index (χ3n) is 4.11. The lowest BCUT2D eigenvalue weighted by atomic mass is 9.80. The highest BCUT2D eigenvalue weighted by molar-refractivity contribution is 6.58. The van der Waals surface area contributed by atoms with E-state index in [4.69, 9.17) is 14.8 Å². The van der Waals surface area contributed by atoms with Crippen LogP contribution in [0.3, 0.4) is 0 Å². The molecule has 2 N–H and O–H groups in total. The van der Waals surface area contributed by atoms with E-state index in [1.807, 2.05) is 0 Å². The summed E-state index contributed by atoms with van der Waals surface area (Å²) >= 11 is 0. The zero-order chi connectivity index (χ0) is 15.2. The standard InChI is InChI=1S/C15H25BN2O3/c1-3-18-9-8-17(12-13(18)2)10-11-21-15-6-4-14(5-7-15)16(19)20/h4-7,13,19-20H,3,8-12H2,1-2H3. The highest BCUT2D eigenvalue weighted by Crippen LogP contribution is 2.10. The molecule has 1 aromatic carbocycles. The summed E-state index contributed by atoms with van der Waals surface area (Å²) in [5, 5.41) is 18.1. The van der Waals surface area contributed by atoms with Gasteiger partial charge in [-0.2, -0.15) is 0 Å². The second-order valence-corrected chi connectivity index (χ2v) is 5.57. The first-order valence-corrected chi connectivity index (χ1v) is 7.65. The van der Waals surface area contributed by atoms with Gasteiger partial charge in [0.1, 0.15) is 12.4 Å². The van der Waals surface area contributed by atoms with E-state index >= 15 is 0 Å². The maximum absolute atomic E-state index is 9.03. The smallest absolute Gasteiger partial charge is 0.488 e. The largest absolute Gasteiger partial charge is 0.492 e. The molecule has 1 heterocycles. The minimum Gasteiger partial charge on any atom is -0.492 e. The number of benzene rings is 1. The fourth-order valence-corrected chi connectivity index (χ4v) is 2.77. The summed E-state index contributed by atoms with van der Waals surface area (Å²) in [4.78, 5) is 4.93. The molecule has 0 bridgehead atoms. The summed E-state index contributed by atoms with van der Waals surface area (Å²) in [5.41, 5.74) is 0.479. The third kappa shape index (κ3) is 4.71. The van der Waals surface area contributed by atoms with Crippen LogP contribution in [0.15, 0.2) is 24.3 Å². The molecule has 1 fully saturated rings. The lowest BCUT2D eigenvalue weighted by Gasteiger charge is -2.39. The van der Waals surface area contributed by atoms with Crippen molar-refractivity contribution in [2.24, 2.45) is 0 Å². The Morgan fingerprint density at radius 3 is 2.52 bits per heavy atom. The molecule has 1 aliphatic heterocycles. The molecule has 0 aliphatic carbocycles. The van der Waals surface area contributed by atoms with Gasteiger partial charge in [0.15, 0.2) is 0 Å². The molecule has 0 aromatic heterocycles. The fraction of sp³-hybridized carbons (Fsp3) is 0.600. The van der Waals surface area contributed by atoms with Crippen molar-refractivity contribution >= 4 is 12.6 Å². The van der Waals surface area contributed by atoms with E-state index in [2.05, 4.69) is 23.6 Å². The lowest BCUT2D eigenvalue weighted by Crippen LogP contribution is -2.52. The van der Waals surface area contributed by atoms with Gasteiger partial charge in [-0.1, -0.05) is 19.1 Å². The molecule has 0 saturated carbocycles. The highest BCUT2D eigenvalue weighted by atomic mass is 16.5. The van der Waals surface area contributed by atoms with Crippen LogP contribution in [0.5, 0.6) is 5.75 Å². The topological polar surface area (TPSA) is 56.2 Å². The van der Waals surface area contributed by atoms with Crippen molar-refractivity contribution in [2.75, 3.05) is 39.3 Å². The van der Waals surface area contributed by atoms with Gasteiger partial charge in [0.25, 0.3) is 0 Å². The predicted octanol–water partition coefficient (Wildman–Crippen LogP) is -0.229. The third-order valence-corrected chi connectivity index (χ3v) is 4.11. The maximum atomic E-state index is 9.03. The van der Waals surface area contributed by atoms with Crippen molar-refractivity contribution < 1.29 is 14.8 Å². The van der Waals surface area contributed by atoms with Crippen LogP contribution in [0.4, 0.5) is 0 Å². The number of likely N-dealkylation sites (N-methyl/N-ethyl adjacent to an activating group) is 1. The van der Waals surface area contributed by atoms with Gasteiger partial charge in [-0.05, 0) is 31.1 Å². The summed E-state index contributed by atoms with van der Waals surface area (Å²) in [5.74, 6) is 0.764. The first kappa shape index (κ1) is 16.3. The van der Waals surface area contributed by atoms with Crippen molar-refractivity contribution in [1.29, 1.82) is 0 Å². The molecule has 2 rings (SSSR count). The number of piperazine rings is 1. The van der Waals surface area contributed by atoms with E-state index < -0.39 is 7.12 Å². The molecule has 5 nitrogen and oxygen atoms in total. The number of nitrogens with zero attached hydrogens (tertiary/aromatic N) is 2. The first-order valence-electron chi connectivity index (χ1n) is 7.65. The van der Waals surface area contributed by atoms with Crippen molar-refractivity contribution in [3.05, 3.63) is 24.3 Å². The second kappa shape index (κ2) is 7.80. The molecule has 0 amide bonds. The number of rotatable bonds is 6. The van der Waals surface area contributed by atoms with E-state index in [1.54, 1.807) is 24.3 Å². The molecular formula is C15H25BN2O3. The van der Waals surface area contributed by atoms with Gasteiger partial charge in [-0.15, -0.1) is 0 Å².